The molecule has 0 bridgehead atoms. The van der Waals surface area contributed by atoms with Crippen molar-refractivity contribution >= 4 is 0 Å². The Kier molecular flexibility index (Phi) is 5.25. The van der Waals surface area contributed by atoms with Crippen LogP contribution in [0.1, 0.15) is 38.3 Å². The van der Waals surface area contributed by atoms with E-state index >= 15 is 0 Å². The second kappa shape index (κ2) is 7.36. The summed E-state index contributed by atoms with van der Waals surface area (Å²) in [5, 5.41) is 8.51. The van der Waals surface area contributed by atoms with Gasteiger partial charge in [-0.1, -0.05) is 18.6 Å². The number of piperidine rings is 1. The first kappa shape index (κ1) is 15.0. The minimum atomic E-state index is 0.761. The summed E-state index contributed by atoms with van der Waals surface area (Å²) in [5.74, 6) is 1.53. The van der Waals surface area contributed by atoms with Crippen LogP contribution in [0.2, 0.25) is 0 Å². The molecule has 5 nitrogen and oxygen atoms in total. The SMILES string of the molecule is CCCc1cn(CC2CCN(C[C@@H]3CCOC3)CC2)nn1. The molecular formula is C16H28N4O. The quantitative estimate of drug-likeness (QED) is 0.804. The van der Waals surface area contributed by atoms with Gasteiger partial charge in [-0.2, -0.15) is 0 Å². The average Bonchev–Trinajstić information content (AvgIpc) is 3.14. The molecule has 1 aromatic rings. The van der Waals surface area contributed by atoms with Crippen LogP contribution in [0.3, 0.4) is 0 Å². The zero-order chi connectivity index (χ0) is 14.5. The molecular weight excluding hydrogens is 264 g/mol. The summed E-state index contributed by atoms with van der Waals surface area (Å²) < 4.78 is 7.53. The highest BCUT2D eigenvalue weighted by atomic mass is 16.5. The fourth-order valence-corrected chi connectivity index (χ4v) is 3.51. The normalized spacial score (nSPS) is 24.7. The van der Waals surface area contributed by atoms with Crippen molar-refractivity contribution in [2.75, 3.05) is 32.8 Å². The molecule has 2 aliphatic rings. The van der Waals surface area contributed by atoms with Gasteiger partial charge in [0.15, 0.2) is 0 Å². The standard InChI is InChI=1S/C16H28N4O/c1-2-3-16-12-20(18-17-16)11-14-4-7-19(8-5-14)10-15-6-9-21-13-15/h12,14-15H,2-11,13H2,1H3/t15-/m0/s1. The Hall–Kier alpha value is -0.940. The largest absolute Gasteiger partial charge is 0.381 e. The van der Waals surface area contributed by atoms with Crippen LogP contribution in [0.4, 0.5) is 0 Å². The molecule has 0 aliphatic carbocycles. The summed E-state index contributed by atoms with van der Waals surface area (Å²) in [7, 11) is 0. The lowest BCUT2D eigenvalue weighted by Crippen LogP contribution is -2.38. The van der Waals surface area contributed by atoms with Crippen molar-refractivity contribution in [3.63, 3.8) is 0 Å². The van der Waals surface area contributed by atoms with Crippen LogP contribution in [0, 0.1) is 11.8 Å². The van der Waals surface area contributed by atoms with Gasteiger partial charge in [0.25, 0.3) is 0 Å². The van der Waals surface area contributed by atoms with E-state index in [0.717, 1.165) is 50.1 Å². The van der Waals surface area contributed by atoms with Gasteiger partial charge in [0.05, 0.1) is 12.3 Å². The molecule has 118 valence electrons. The van der Waals surface area contributed by atoms with E-state index in [1.165, 1.54) is 38.9 Å². The minimum Gasteiger partial charge on any atom is -0.381 e. The fourth-order valence-electron chi connectivity index (χ4n) is 3.51. The molecule has 0 amide bonds. The smallest absolute Gasteiger partial charge is 0.0827 e. The Balaban J connectivity index is 1.40. The van der Waals surface area contributed by atoms with Gasteiger partial charge < -0.3 is 9.64 Å². The number of likely N-dealkylation sites (tertiary alicyclic amines) is 1. The summed E-state index contributed by atoms with van der Waals surface area (Å²) in [6.07, 6.45) is 8.14. The molecule has 1 aromatic heterocycles. The van der Waals surface area contributed by atoms with Crippen LogP contribution in [0.25, 0.3) is 0 Å². The third kappa shape index (κ3) is 4.27. The van der Waals surface area contributed by atoms with Gasteiger partial charge in [0, 0.05) is 25.9 Å². The molecule has 0 radical (unpaired) electrons. The highest BCUT2D eigenvalue weighted by Gasteiger charge is 2.24. The fraction of sp³-hybridized carbons (Fsp3) is 0.875. The van der Waals surface area contributed by atoms with Crippen LogP contribution in [-0.4, -0.2) is 52.7 Å². The zero-order valence-corrected chi connectivity index (χ0v) is 13.2. The maximum absolute atomic E-state index is 5.48. The van der Waals surface area contributed by atoms with Gasteiger partial charge in [-0.05, 0) is 50.6 Å². The van der Waals surface area contributed by atoms with E-state index in [4.69, 9.17) is 4.74 Å². The molecule has 2 fully saturated rings. The van der Waals surface area contributed by atoms with Crippen LogP contribution >= 0.6 is 0 Å². The molecule has 5 heteroatoms. The number of hydrogen-bond acceptors (Lipinski definition) is 4. The molecule has 21 heavy (non-hydrogen) atoms. The minimum absolute atomic E-state index is 0.761. The van der Waals surface area contributed by atoms with Crippen molar-refractivity contribution in [3.05, 3.63) is 11.9 Å². The molecule has 0 saturated carbocycles. The highest BCUT2D eigenvalue weighted by molar-refractivity contribution is 4.92. The summed E-state index contributed by atoms with van der Waals surface area (Å²) in [6, 6.07) is 0. The third-order valence-electron chi connectivity index (χ3n) is 4.79. The Morgan fingerprint density at radius 1 is 1.19 bits per heavy atom. The van der Waals surface area contributed by atoms with Gasteiger partial charge in [0.2, 0.25) is 0 Å². The predicted molar refractivity (Wildman–Crippen MR) is 82.1 cm³/mol. The van der Waals surface area contributed by atoms with Crippen LogP contribution in [0.15, 0.2) is 6.20 Å². The summed E-state index contributed by atoms with van der Waals surface area (Å²) in [4.78, 5) is 2.62. The van der Waals surface area contributed by atoms with Crippen LogP contribution in [-0.2, 0) is 17.7 Å². The van der Waals surface area contributed by atoms with Gasteiger partial charge in [-0.25, -0.2) is 0 Å². The maximum Gasteiger partial charge on any atom is 0.0827 e. The number of rotatable bonds is 6. The number of hydrogen-bond donors (Lipinski definition) is 0. The summed E-state index contributed by atoms with van der Waals surface area (Å²) in [5.41, 5.74) is 1.14. The maximum atomic E-state index is 5.48. The topological polar surface area (TPSA) is 43.2 Å². The molecule has 0 spiro atoms. The first-order valence-electron chi connectivity index (χ1n) is 8.52. The lowest BCUT2D eigenvalue weighted by molar-refractivity contribution is 0.134. The Labute approximate surface area is 127 Å². The summed E-state index contributed by atoms with van der Waals surface area (Å²) in [6.45, 7) is 8.86. The van der Waals surface area contributed by atoms with E-state index in [9.17, 15) is 0 Å². The van der Waals surface area contributed by atoms with Crippen molar-refractivity contribution in [1.82, 2.24) is 19.9 Å². The van der Waals surface area contributed by atoms with E-state index in [1.807, 2.05) is 0 Å². The Morgan fingerprint density at radius 2 is 2.05 bits per heavy atom. The predicted octanol–water partition coefficient (Wildman–Crippen LogP) is 1.98. The van der Waals surface area contributed by atoms with E-state index in [1.54, 1.807) is 0 Å². The number of aromatic nitrogens is 3. The molecule has 2 saturated heterocycles. The zero-order valence-electron chi connectivity index (χ0n) is 13.2. The average molecular weight is 292 g/mol. The summed E-state index contributed by atoms with van der Waals surface area (Å²) >= 11 is 0. The van der Waals surface area contributed by atoms with Crippen molar-refractivity contribution in [2.45, 2.75) is 45.6 Å². The van der Waals surface area contributed by atoms with Crippen molar-refractivity contribution in [2.24, 2.45) is 11.8 Å². The Morgan fingerprint density at radius 3 is 2.76 bits per heavy atom. The number of ether oxygens (including phenoxy) is 1. The Bertz CT molecular complexity index is 420. The first-order chi connectivity index (χ1) is 10.3. The second-order valence-corrected chi connectivity index (χ2v) is 6.66. The molecule has 3 heterocycles. The molecule has 2 aliphatic heterocycles. The lowest BCUT2D eigenvalue weighted by Gasteiger charge is -2.33. The molecule has 0 N–H and O–H groups in total. The van der Waals surface area contributed by atoms with E-state index in [0.29, 0.717) is 0 Å². The molecule has 0 unspecified atom stereocenters. The van der Waals surface area contributed by atoms with Crippen molar-refractivity contribution in [1.29, 1.82) is 0 Å². The van der Waals surface area contributed by atoms with E-state index < -0.39 is 0 Å². The molecule has 3 rings (SSSR count). The monoisotopic (exact) mass is 292 g/mol. The van der Waals surface area contributed by atoms with Crippen LogP contribution < -0.4 is 0 Å². The molecule has 1 atom stereocenters. The van der Waals surface area contributed by atoms with Gasteiger partial charge in [-0.15, -0.1) is 5.10 Å². The van der Waals surface area contributed by atoms with Gasteiger partial charge in [0.1, 0.15) is 0 Å². The second-order valence-electron chi connectivity index (χ2n) is 6.66. The lowest BCUT2D eigenvalue weighted by atomic mass is 9.96. The van der Waals surface area contributed by atoms with Gasteiger partial charge >= 0.3 is 0 Å². The van der Waals surface area contributed by atoms with E-state index in [2.05, 4.69) is 33.0 Å². The first-order valence-corrected chi connectivity index (χ1v) is 8.52. The van der Waals surface area contributed by atoms with E-state index in [-0.39, 0.29) is 0 Å². The number of aryl methyl sites for hydroxylation is 1. The molecule has 0 aromatic carbocycles. The van der Waals surface area contributed by atoms with Crippen LogP contribution in [0.5, 0.6) is 0 Å². The highest BCUT2D eigenvalue weighted by Crippen LogP contribution is 2.22. The number of nitrogens with zero attached hydrogens (tertiary/aromatic N) is 4. The third-order valence-corrected chi connectivity index (χ3v) is 4.79. The van der Waals surface area contributed by atoms with Crippen molar-refractivity contribution < 1.29 is 4.74 Å². The van der Waals surface area contributed by atoms with Gasteiger partial charge in [-0.3, -0.25) is 4.68 Å². The van der Waals surface area contributed by atoms with Crippen molar-refractivity contribution in [3.8, 4) is 0 Å².